The third kappa shape index (κ3) is 4.92. The van der Waals surface area contributed by atoms with Gasteiger partial charge in [0.2, 0.25) is 5.91 Å². The molecule has 1 aromatic rings. The molecule has 0 spiro atoms. The number of ether oxygens (including phenoxy) is 2. The average molecular weight is 379 g/mol. The highest BCUT2D eigenvalue weighted by Crippen LogP contribution is 2.14. The number of carbonyl (C=O) groups excluding carboxylic acids is 3. The maximum Gasteiger partial charge on any atom is 0.308 e. The van der Waals surface area contributed by atoms with Crippen molar-refractivity contribution in [3.05, 3.63) is 29.8 Å². The molecule has 0 aromatic heterocycles. The topological polar surface area (TPSA) is 97.0 Å². The van der Waals surface area contributed by atoms with Crippen LogP contribution in [0.3, 0.4) is 0 Å². The molecule has 0 aliphatic carbocycles. The van der Waals surface area contributed by atoms with Crippen LogP contribution in [0, 0.1) is 0 Å². The van der Waals surface area contributed by atoms with Gasteiger partial charge in [0, 0.05) is 18.7 Å². The van der Waals surface area contributed by atoms with Crippen molar-refractivity contribution in [3.63, 3.8) is 0 Å². The highest BCUT2D eigenvalue weighted by molar-refractivity contribution is 7.80. The van der Waals surface area contributed by atoms with Crippen molar-refractivity contribution in [2.24, 2.45) is 0 Å². The second-order valence-electron chi connectivity index (χ2n) is 5.50. The van der Waals surface area contributed by atoms with Crippen LogP contribution >= 0.6 is 12.2 Å². The van der Waals surface area contributed by atoms with Crippen LogP contribution in [-0.4, -0.2) is 60.6 Å². The molecule has 1 aliphatic heterocycles. The van der Waals surface area contributed by atoms with E-state index in [2.05, 4.69) is 15.4 Å². The normalized spacial score (nSPS) is 16.5. The Hall–Kier alpha value is -2.68. The van der Waals surface area contributed by atoms with Gasteiger partial charge in [-0.25, -0.2) is 0 Å². The Morgan fingerprint density at radius 1 is 1.42 bits per heavy atom. The summed E-state index contributed by atoms with van der Waals surface area (Å²) in [5.41, 5.74) is 0.379. The minimum atomic E-state index is -0.821. The first-order chi connectivity index (χ1) is 12.5. The first kappa shape index (κ1) is 19.6. The van der Waals surface area contributed by atoms with Gasteiger partial charge in [-0.15, -0.1) is 0 Å². The third-order valence-corrected chi connectivity index (χ3v) is 4.14. The van der Waals surface area contributed by atoms with Crippen LogP contribution in [-0.2, 0) is 14.3 Å². The van der Waals surface area contributed by atoms with E-state index >= 15 is 0 Å². The number of esters is 1. The van der Waals surface area contributed by atoms with E-state index in [1.807, 2.05) is 6.92 Å². The Kier molecular flexibility index (Phi) is 6.90. The summed E-state index contributed by atoms with van der Waals surface area (Å²) < 4.78 is 10.0. The number of hydrogen-bond acceptors (Lipinski definition) is 6. The van der Waals surface area contributed by atoms with Crippen molar-refractivity contribution in [2.75, 3.05) is 26.8 Å². The van der Waals surface area contributed by atoms with Gasteiger partial charge in [-0.2, -0.15) is 0 Å². The van der Waals surface area contributed by atoms with E-state index in [1.54, 1.807) is 24.3 Å². The Balaban J connectivity index is 2.08. The lowest BCUT2D eigenvalue weighted by molar-refractivity contribution is -0.144. The number of carbonyl (C=O) groups is 3. The fourth-order valence-corrected chi connectivity index (χ4v) is 2.85. The fourth-order valence-electron chi connectivity index (χ4n) is 2.54. The van der Waals surface area contributed by atoms with Crippen molar-refractivity contribution >= 4 is 35.1 Å². The SMILES string of the molecule is CCOc1cccc(C(=O)NC(=S)N2CCNC(=O)[C@@H]2CC(=O)OC)c1. The lowest BCUT2D eigenvalue weighted by Gasteiger charge is -2.36. The highest BCUT2D eigenvalue weighted by atomic mass is 32.1. The van der Waals surface area contributed by atoms with Gasteiger partial charge >= 0.3 is 5.97 Å². The standard InChI is InChI=1S/C17H21N3O5S/c1-3-25-12-6-4-5-11(9-12)15(22)19-17(26)20-8-7-18-16(23)13(20)10-14(21)24-2/h4-6,9,13H,3,7-8,10H2,1-2H3,(H,18,23)(H,19,22,26)/t13-/m0/s1. The molecule has 2 amide bonds. The van der Waals surface area contributed by atoms with Crippen LogP contribution in [0.1, 0.15) is 23.7 Å². The van der Waals surface area contributed by atoms with Gasteiger partial charge in [0.1, 0.15) is 11.8 Å². The predicted molar refractivity (Wildman–Crippen MR) is 97.8 cm³/mol. The smallest absolute Gasteiger partial charge is 0.308 e. The van der Waals surface area contributed by atoms with E-state index in [0.29, 0.717) is 31.0 Å². The average Bonchev–Trinajstić information content (AvgIpc) is 2.63. The fraction of sp³-hybridized carbons (Fsp3) is 0.412. The molecule has 1 saturated heterocycles. The van der Waals surface area contributed by atoms with Crippen LogP contribution in [0.5, 0.6) is 5.75 Å². The zero-order chi connectivity index (χ0) is 19.1. The van der Waals surface area contributed by atoms with E-state index < -0.39 is 17.9 Å². The highest BCUT2D eigenvalue weighted by Gasteiger charge is 2.34. The molecule has 0 radical (unpaired) electrons. The maximum absolute atomic E-state index is 12.4. The summed E-state index contributed by atoms with van der Waals surface area (Å²) in [6.45, 7) is 3.09. The summed E-state index contributed by atoms with van der Waals surface area (Å²) in [4.78, 5) is 37.6. The van der Waals surface area contributed by atoms with Gasteiger partial charge in [-0.05, 0) is 37.3 Å². The van der Waals surface area contributed by atoms with Crippen LogP contribution in [0.25, 0.3) is 0 Å². The van der Waals surface area contributed by atoms with Crippen LogP contribution in [0.2, 0.25) is 0 Å². The Labute approximate surface area is 156 Å². The van der Waals surface area contributed by atoms with Gasteiger partial charge < -0.3 is 19.7 Å². The molecule has 140 valence electrons. The number of amides is 2. The van der Waals surface area contributed by atoms with Gasteiger partial charge in [0.05, 0.1) is 20.1 Å². The summed E-state index contributed by atoms with van der Waals surface area (Å²) in [7, 11) is 1.25. The molecular formula is C17H21N3O5S. The molecule has 0 saturated carbocycles. The van der Waals surface area contributed by atoms with Crippen LogP contribution < -0.4 is 15.4 Å². The number of nitrogens with zero attached hydrogens (tertiary/aromatic N) is 1. The Bertz CT molecular complexity index is 709. The molecule has 0 unspecified atom stereocenters. The number of thiocarbonyl (C=S) groups is 1. The first-order valence-electron chi connectivity index (χ1n) is 8.15. The summed E-state index contributed by atoms with van der Waals surface area (Å²) in [5.74, 6) is -0.710. The minimum absolute atomic E-state index is 0.0839. The molecule has 1 atom stereocenters. The monoisotopic (exact) mass is 379 g/mol. The zero-order valence-electron chi connectivity index (χ0n) is 14.6. The predicted octanol–water partition coefficient (Wildman–Crippen LogP) is 0.464. The summed E-state index contributed by atoms with van der Waals surface area (Å²) in [5, 5.41) is 5.37. The van der Waals surface area contributed by atoms with Crippen molar-refractivity contribution in [2.45, 2.75) is 19.4 Å². The number of hydrogen-bond donors (Lipinski definition) is 2. The summed E-state index contributed by atoms with van der Waals surface area (Å²) in [6, 6.07) is 5.88. The molecule has 2 rings (SSSR count). The molecule has 8 nitrogen and oxygen atoms in total. The number of benzene rings is 1. The lowest BCUT2D eigenvalue weighted by Crippen LogP contribution is -2.60. The molecular weight excluding hydrogens is 358 g/mol. The molecule has 0 bridgehead atoms. The van der Waals surface area contributed by atoms with Crippen LogP contribution in [0.4, 0.5) is 0 Å². The molecule has 9 heteroatoms. The van der Waals surface area contributed by atoms with Crippen molar-refractivity contribution < 1.29 is 23.9 Å². The summed E-state index contributed by atoms with van der Waals surface area (Å²) in [6.07, 6.45) is -0.155. The molecule has 1 fully saturated rings. The molecule has 1 heterocycles. The quantitative estimate of drug-likeness (QED) is 0.567. The Morgan fingerprint density at radius 3 is 2.88 bits per heavy atom. The Morgan fingerprint density at radius 2 is 2.19 bits per heavy atom. The number of piperazine rings is 1. The number of methoxy groups -OCH3 is 1. The van der Waals surface area contributed by atoms with Crippen molar-refractivity contribution in [1.29, 1.82) is 0 Å². The van der Waals surface area contributed by atoms with Gasteiger partial charge in [-0.3, -0.25) is 19.7 Å². The molecule has 26 heavy (non-hydrogen) atoms. The largest absolute Gasteiger partial charge is 0.494 e. The van der Waals surface area contributed by atoms with E-state index in [4.69, 9.17) is 17.0 Å². The zero-order valence-corrected chi connectivity index (χ0v) is 15.4. The first-order valence-corrected chi connectivity index (χ1v) is 8.56. The third-order valence-electron chi connectivity index (χ3n) is 3.81. The molecule has 1 aromatic carbocycles. The number of rotatable bonds is 5. The molecule has 1 aliphatic rings. The van der Waals surface area contributed by atoms with Gasteiger partial charge in [0.15, 0.2) is 5.11 Å². The van der Waals surface area contributed by atoms with E-state index in [-0.39, 0.29) is 17.4 Å². The number of nitrogens with one attached hydrogen (secondary N) is 2. The maximum atomic E-state index is 12.4. The van der Waals surface area contributed by atoms with E-state index in [0.717, 1.165) is 0 Å². The second-order valence-corrected chi connectivity index (χ2v) is 5.89. The summed E-state index contributed by atoms with van der Waals surface area (Å²) >= 11 is 5.28. The van der Waals surface area contributed by atoms with E-state index in [9.17, 15) is 14.4 Å². The van der Waals surface area contributed by atoms with Gasteiger partial charge in [-0.1, -0.05) is 6.07 Å². The minimum Gasteiger partial charge on any atom is -0.494 e. The van der Waals surface area contributed by atoms with Crippen LogP contribution in [0.15, 0.2) is 24.3 Å². The van der Waals surface area contributed by atoms with Gasteiger partial charge in [0.25, 0.3) is 5.91 Å². The van der Waals surface area contributed by atoms with E-state index in [1.165, 1.54) is 12.0 Å². The molecule has 2 N–H and O–H groups in total. The van der Waals surface area contributed by atoms with Crippen molar-refractivity contribution in [1.82, 2.24) is 15.5 Å². The lowest BCUT2D eigenvalue weighted by atomic mass is 10.1. The second kappa shape index (κ2) is 9.14. The van der Waals surface area contributed by atoms with Crippen molar-refractivity contribution in [3.8, 4) is 5.75 Å².